The number of fused-ring (bicyclic) bond motifs is 1. The lowest BCUT2D eigenvalue weighted by atomic mass is 9.95. The molecular weight excluding hydrogens is 487 g/mol. The van der Waals surface area contributed by atoms with E-state index in [-0.39, 0.29) is 41.1 Å². The lowest BCUT2D eigenvalue weighted by molar-refractivity contribution is -0.119. The summed E-state index contributed by atoms with van der Waals surface area (Å²) in [6.07, 6.45) is 0. The van der Waals surface area contributed by atoms with Crippen molar-refractivity contribution in [2.75, 3.05) is 17.3 Å². The second-order valence-electron chi connectivity index (χ2n) is 8.69. The zero-order chi connectivity index (χ0) is 24.8. The van der Waals surface area contributed by atoms with Gasteiger partial charge in [-0.3, -0.25) is 4.79 Å². The summed E-state index contributed by atoms with van der Waals surface area (Å²) < 4.78 is 46.6. The van der Waals surface area contributed by atoms with Crippen LogP contribution in [0, 0.1) is 5.82 Å². The first-order valence-corrected chi connectivity index (χ1v) is 12.3. The molecule has 9 nitrogen and oxygen atoms in total. The second kappa shape index (κ2) is 8.73. The smallest absolute Gasteiger partial charge is 0.250 e. The number of carbonyl (C=O) groups excluding carboxylic acids is 1. The third-order valence-electron chi connectivity index (χ3n) is 5.54. The number of amides is 1. The quantitative estimate of drug-likeness (QED) is 0.535. The summed E-state index contributed by atoms with van der Waals surface area (Å²) in [5.74, 6) is -2.37. The van der Waals surface area contributed by atoms with Crippen LogP contribution in [0.4, 0.5) is 10.1 Å². The minimum Gasteiger partial charge on any atom is -0.420 e. The predicted octanol–water partition coefficient (Wildman–Crippen LogP) is 2.45. The van der Waals surface area contributed by atoms with Gasteiger partial charge in [0.15, 0.2) is 9.84 Å². The molecule has 2 heterocycles. The average Bonchev–Trinajstić information content (AvgIpc) is 3.27. The first-order chi connectivity index (χ1) is 15.9. The number of aromatic nitrogens is 2. The van der Waals surface area contributed by atoms with Gasteiger partial charge in [0.1, 0.15) is 5.82 Å². The zero-order valence-electron chi connectivity index (χ0n) is 18.3. The van der Waals surface area contributed by atoms with Crippen LogP contribution in [0.5, 0.6) is 0 Å². The van der Waals surface area contributed by atoms with Crippen molar-refractivity contribution in [2.24, 2.45) is 5.73 Å². The summed E-state index contributed by atoms with van der Waals surface area (Å²) in [6.45, 7) is 3.01. The van der Waals surface area contributed by atoms with E-state index < -0.39 is 38.8 Å². The first-order valence-electron chi connectivity index (χ1n) is 10.3. The van der Waals surface area contributed by atoms with Crippen LogP contribution in [0.2, 0.25) is 5.02 Å². The van der Waals surface area contributed by atoms with Crippen LogP contribution in [-0.2, 0) is 26.6 Å². The van der Waals surface area contributed by atoms with Gasteiger partial charge in [-0.25, -0.2) is 12.8 Å². The van der Waals surface area contributed by atoms with Gasteiger partial charge < -0.3 is 20.2 Å². The van der Waals surface area contributed by atoms with E-state index in [4.69, 9.17) is 21.8 Å². The number of carbonyl (C=O) groups is 1. The summed E-state index contributed by atoms with van der Waals surface area (Å²) in [5.41, 5.74) is 5.45. The summed E-state index contributed by atoms with van der Waals surface area (Å²) in [7, 11) is -4.08. The SMILES string of the molecule is CC(C)(CO)c1nnc(-c2cc3c(cc2F)S(=O)(=O)C[C@H](N)C(=O)N3Cc2ccc(Cl)cc2)o1. The molecule has 4 rings (SSSR count). The second-order valence-corrected chi connectivity index (χ2v) is 11.1. The molecule has 1 aromatic heterocycles. The molecule has 0 unspecified atom stereocenters. The summed E-state index contributed by atoms with van der Waals surface area (Å²) >= 11 is 5.94. The van der Waals surface area contributed by atoms with Crippen molar-refractivity contribution in [3.63, 3.8) is 0 Å². The fraction of sp³-hybridized carbons (Fsp3) is 0.318. The van der Waals surface area contributed by atoms with Gasteiger partial charge >= 0.3 is 0 Å². The summed E-state index contributed by atoms with van der Waals surface area (Å²) in [6, 6.07) is 7.33. The minimum atomic E-state index is -4.08. The Balaban J connectivity index is 1.88. The molecule has 0 radical (unpaired) electrons. The molecule has 0 aliphatic carbocycles. The van der Waals surface area contributed by atoms with Crippen LogP contribution in [0.1, 0.15) is 25.3 Å². The van der Waals surface area contributed by atoms with Crippen LogP contribution in [-0.4, -0.2) is 48.0 Å². The molecule has 0 fully saturated rings. The van der Waals surface area contributed by atoms with Crippen molar-refractivity contribution in [1.29, 1.82) is 0 Å². The highest BCUT2D eigenvalue weighted by molar-refractivity contribution is 7.91. The molecule has 3 N–H and O–H groups in total. The van der Waals surface area contributed by atoms with E-state index in [1.165, 1.54) is 11.0 Å². The molecule has 2 aromatic carbocycles. The number of aliphatic hydroxyl groups excluding tert-OH is 1. The van der Waals surface area contributed by atoms with E-state index in [0.29, 0.717) is 10.6 Å². The fourth-order valence-corrected chi connectivity index (χ4v) is 5.18. The van der Waals surface area contributed by atoms with Crippen LogP contribution in [0.25, 0.3) is 11.5 Å². The van der Waals surface area contributed by atoms with Crippen molar-refractivity contribution in [3.05, 3.63) is 58.7 Å². The number of benzene rings is 2. The van der Waals surface area contributed by atoms with E-state index in [2.05, 4.69) is 10.2 Å². The third kappa shape index (κ3) is 4.43. The van der Waals surface area contributed by atoms with E-state index in [0.717, 1.165) is 6.07 Å². The number of hydrogen-bond acceptors (Lipinski definition) is 8. The number of hydrogen-bond donors (Lipinski definition) is 2. The van der Waals surface area contributed by atoms with Gasteiger partial charge in [-0.15, -0.1) is 10.2 Å². The molecule has 0 saturated heterocycles. The highest BCUT2D eigenvalue weighted by atomic mass is 35.5. The Labute approximate surface area is 200 Å². The molecule has 12 heteroatoms. The maximum atomic E-state index is 15.1. The van der Waals surface area contributed by atoms with Gasteiger partial charge in [0.25, 0.3) is 5.89 Å². The number of halogens is 2. The van der Waals surface area contributed by atoms with Crippen molar-refractivity contribution in [3.8, 4) is 11.5 Å². The Hall–Kier alpha value is -2.86. The van der Waals surface area contributed by atoms with E-state index in [1.54, 1.807) is 38.1 Å². The zero-order valence-corrected chi connectivity index (χ0v) is 19.9. The van der Waals surface area contributed by atoms with Crippen molar-refractivity contribution >= 4 is 33.0 Å². The lowest BCUT2D eigenvalue weighted by Crippen LogP contribution is -2.45. The maximum absolute atomic E-state index is 15.1. The van der Waals surface area contributed by atoms with Crippen molar-refractivity contribution < 1.29 is 27.1 Å². The standard InChI is InChI=1S/C22H22ClFN4O5S/c1-22(2,11-29)21-27-26-19(33-21)14-7-17-18(8-15(14)24)34(31,32)10-16(25)20(30)28(17)9-12-3-5-13(23)6-4-12/h3-8,16,29H,9-11,25H2,1-2H3/t16-/m0/s1. The normalized spacial score (nSPS) is 18.0. The highest BCUT2D eigenvalue weighted by Gasteiger charge is 2.38. The van der Waals surface area contributed by atoms with Gasteiger partial charge in [0, 0.05) is 5.02 Å². The van der Waals surface area contributed by atoms with Gasteiger partial charge in [0.05, 0.1) is 46.5 Å². The maximum Gasteiger partial charge on any atom is 0.250 e. The Morgan fingerprint density at radius 3 is 2.59 bits per heavy atom. The summed E-state index contributed by atoms with van der Waals surface area (Å²) in [4.78, 5) is 14.0. The van der Waals surface area contributed by atoms with Gasteiger partial charge in [-0.1, -0.05) is 23.7 Å². The molecule has 1 atom stereocenters. The molecule has 3 aromatic rings. The van der Waals surface area contributed by atoms with Crippen LogP contribution in [0.3, 0.4) is 0 Å². The van der Waals surface area contributed by atoms with E-state index in [9.17, 15) is 18.3 Å². The molecule has 0 saturated carbocycles. The van der Waals surface area contributed by atoms with Crippen LogP contribution >= 0.6 is 11.6 Å². The van der Waals surface area contributed by atoms with Gasteiger partial charge in [0.2, 0.25) is 11.8 Å². The highest BCUT2D eigenvalue weighted by Crippen LogP contribution is 2.37. The van der Waals surface area contributed by atoms with E-state index in [1.807, 2.05) is 0 Å². The molecule has 1 aliphatic heterocycles. The molecule has 0 spiro atoms. The lowest BCUT2D eigenvalue weighted by Gasteiger charge is -2.24. The molecular formula is C22H22ClFN4O5S. The fourth-order valence-electron chi connectivity index (χ4n) is 3.49. The third-order valence-corrected chi connectivity index (χ3v) is 7.59. The van der Waals surface area contributed by atoms with Crippen molar-refractivity contribution in [1.82, 2.24) is 10.2 Å². The van der Waals surface area contributed by atoms with Gasteiger partial charge in [-0.2, -0.15) is 0 Å². The topological polar surface area (TPSA) is 140 Å². The number of nitrogens with zero attached hydrogens (tertiary/aromatic N) is 3. The number of anilines is 1. The van der Waals surface area contributed by atoms with Crippen LogP contribution < -0.4 is 10.6 Å². The Morgan fingerprint density at radius 1 is 1.26 bits per heavy atom. The van der Waals surface area contributed by atoms with Crippen LogP contribution in [0.15, 0.2) is 45.7 Å². The van der Waals surface area contributed by atoms with Crippen molar-refractivity contribution in [2.45, 2.75) is 36.7 Å². The Bertz CT molecular complexity index is 1360. The minimum absolute atomic E-state index is 0.0239. The number of rotatable bonds is 5. The van der Waals surface area contributed by atoms with Gasteiger partial charge in [-0.05, 0) is 43.7 Å². The largest absolute Gasteiger partial charge is 0.420 e. The monoisotopic (exact) mass is 508 g/mol. The number of sulfone groups is 1. The van der Waals surface area contributed by atoms with E-state index >= 15 is 4.39 Å². The number of nitrogens with two attached hydrogens (primary N) is 1. The predicted molar refractivity (Wildman–Crippen MR) is 122 cm³/mol. The Kier molecular flexibility index (Phi) is 6.23. The molecule has 180 valence electrons. The summed E-state index contributed by atoms with van der Waals surface area (Å²) in [5, 5.41) is 17.8. The first kappa shape index (κ1) is 24.3. The molecule has 1 amide bonds. The molecule has 1 aliphatic rings. The number of aliphatic hydroxyl groups is 1. The molecule has 0 bridgehead atoms. The average molecular weight is 509 g/mol. The molecule has 34 heavy (non-hydrogen) atoms. The Morgan fingerprint density at radius 2 is 1.94 bits per heavy atom.